The van der Waals surface area contributed by atoms with Crippen LogP contribution in [0, 0.1) is 0 Å². The van der Waals surface area contributed by atoms with Gasteiger partial charge in [-0.2, -0.15) is 18.6 Å². The molecule has 0 aliphatic rings. The summed E-state index contributed by atoms with van der Waals surface area (Å²) >= 11 is 0. The maximum absolute atomic E-state index is 11.6. The zero-order valence-electron chi connectivity index (χ0n) is 12.1. The first-order valence-electron chi connectivity index (χ1n) is 6.47. The molecule has 0 amide bonds. The van der Waals surface area contributed by atoms with Gasteiger partial charge in [-0.1, -0.05) is 0 Å². The molecular formula is C10H18N8O4S. The number of hydrogen-bond acceptors (Lipinski definition) is 10. The smallest absolute Gasteiger partial charge is 0.394 e. The van der Waals surface area contributed by atoms with E-state index in [0.717, 1.165) is 0 Å². The summed E-state index contributed by atoms with van der Waals surface area (Å²) in [6.07, 6.45) is 2.72. The predicted molar refractivity (Wildman–Crippen MR) is 82.9 cm³/mol. The molecule has 2 heterocycles. The fourth-order valence-electron chi connectivity index (χ4n) is 1.66. The van der Waals surface area contributed by atoms with Crippen LogP contribution in [0.25, 0.3) is 0 Å². The second-order valence-electron chi connectivity index (χ2n) is 4.47. The number of aromatic nitrogens is 4. The van der Waals surface area contributed by atoms with E-state index in [1.54, 1.807) is 0 Å². The molecule has 2 rings (SSSR count). The van der Waals surface area contributed by atoms with Crippen LogP contribution < -0.4 is 22.9 Å². The minimum absolute atomic E-state index is 0.105. The Hall–Kier alpha value is -2.51. The molecule has 2 aromatic heterocycles. The van der Waals surface area contributed by atoms with Gasteiger partial charge < -0.3 is 22.9 Å². The third-order valence-electron chi connectivity index (χ3n) is 2.88. The summed E-state index contributed by atoms with van der Waals surface area (Å²) in [7, 11) is -4.16. The van der Waals surface area contributed by atoms with Crippen molar-refractivity contribution < 1.29 is 16.8 Å². The first-order chi connectivity index (χ1) is 10.8. The van der Waals surface area contributed by atoms with Gasteiger partial charge in [0.2, 0.25) is 0 Å². The van der Waals surface area contributed by atoms with Crippen LogP contribution >= 0.6 is 0 Å². The van der Waals surface area contributed by atoms with Crippen LogP contribution in [0.3, 0.4) is 0 Å². The van der Waals surface area contributed by atoms with Crippen molar-refractivity contribution in [1.29, 1.82) is 0 Å². The molecule has 0 radical (unpaired) electrons. The van der Waals surface area contributed by atoms with Gasteiger partial charge >= 0.3 is 10.4 Å². The van der Waals surface area contributed by atoms with Crippen molar-refractivity contribution in [2.45, 2.75) is 13.1 Å². The largest absolute Gasteiger partial charge is 0.399 e. The topological polar surface area (TPSA) is 192 Å². The summed E-state index contributed by atoms with van der Waals surface area (Å²) in [5.74, 6) is 0.470. The molecule has 12 nitrogen and oxygen atoms in total. The summed E-state index contributed by atoms with van der Waals surface area (Å²) in [4.78, 5) is 0. The monoisotopic (exact) mass is 346 g/mol. The van der Waals surface area contributed by atoms with Crippen LogP contribution in [0.2, 0.25) is 0 Å². The van der Waals surface area contributed by atoms with Gasteiger partial charge in [0, 0.05) is 0 Å². The van der Waals surface area contributed by atoms with Gasteiger partial charge in [-0.15, -0.1) is 0 Å². The minimum Gasteiger partial charge on any atom is -0.394 e. The van der Waals surface area contributed by atoms with Crippen molar-refractivity contribution in [1.82, 2.24) is 19.6 Å². The van der Waals surface area contributed by atoms with Crippen molar-refractivity contribution in [3.8, 4) is 0 Å². The molecule has 0 atom stereocenters. The van der Waals surface area contributed by atoms with E-state index in [0.29, 0.717) is 11.4 Å². The van der Waals surface area contributed by atoms with E-state index in [4.69, 9.17) is 22.9 Å². The first-order valence-corrected chi connectivity index (χ1v) is 7.81. The van der Waals surface area contributed by atoms with Gasteiger partial charge in [-0.25, -0.2) is 17.7 Å². The Morgan fingerprint density at radius 2 is 1.26 bits per heavy atom. The summed E-state index contributed by atoms with van der Waals surface area (Å²) in [6.45, 7) is -0.197. The van der Waals surface area contributed by atoms with E-state index in [2.05, 4.69) is 18.6 Å². The summed E-state index contributed by atoms with van der Waals surface area (Å²) < 4.78 is 35.1. The lowest BCUT2D eigenvalue weighted by atomic mass is 10.5. The molecule has 0 bridgehead atoms. The van der Waals surface area contributed by atoms with Gasteiger partial charge in [0.25, 0.3) is 0 Å². The van der Waals surface area contributed by atoms with Crippen LogP contribution in [0.5, 0.6) is 0 Å². The molecule has 0 aliphatic carbocycles. The number of anilines is 4. The van der Waals surface area contributed by atoms with E-state index in [1.165, 1.54) is 21.8 Å². The number of hydrogen-bond donors (Lipinski definition) is 4. The van der Waals surface area contributed by atoms with Crippen LogP contribution in [0.15, 0.2) is 12.4 Å². The molecule has 0 aliphatic heterocycles. The lowest BCUT2D eigenvalue weighted by molar-refractivity contribution is 0.200. The van der Waals surface area contributed by atoms with Crippen LogP contribution in [-0.4, -0.2) is 41.2 Å². The summed E-state index contributed by atoms with van der Waals surface area (Å²) in [5, 5.41) is 7.72. The molecule has 0 unspecified atom stereocenters. The molecule has 0 aromatic carbocycles. The summed E-state index contributed by atoms with van der Waals surface area (Å²) in [6, 6.07) is 0. The van der Waals surface area contributed by atoms with Gasteiger partial charge in [0.1, 0.15) is 11.6 Å². The van der Waals surface area contributed by atoms with Crippen molar-refractivity contribution >= 4 is 33.4 Å². The number of nitrogens with zero attached hydrogens (tertiary/aromatic N) is 4. The first kappa shape index (κ1) is 16.9. The standard InChI is InChI=1S/C10H18N8O4S/c11-7-5-15-17(9(7)13)1-3-21-23(19,20)22-4-2-18-10(14)8(12)6-16-18/h5-6H,1-4,11-14H2. The van der Waals surface area contributed by atoms with E-state index in [1.807, 2.05) is 0 Å². The SMILES string of the molecule is Nc1cnn(CCOS(=O)(=O)OCCn2ncc(N)c2N)c1N. The van der Waals surface area contributed by atoms with Crippen molar-refractivity contribution in [3.63, 3.8) is 0 Å². The second-order valence-corrected chi connectivity index (χ2v) is 5.76. The molecule has 128 valence electrons. The molecule has 0 spiro atoms. The Kier molecular flexibility index (Phi) is 4.92. The van der Waals surface area contributed by atoms with Crippen molar-refractivity contribution in [3.05, 3.63) is 12.4 Å². The number of nitrogen functional groups attached to an aromatic ring is 4. The zero-order chi connectivity index (χ0) is 17.0. The van der Waals surface area contributed by atoms with Crippen LogP contribution in [0.1, 0.15) is 0 Å². The van der Waals surface area contributed by atoms with Gasteiger partial charge in [0.05, 0.1) is 50.1 Å². The average molecular weight is 346 g/mol. The third kappa shape index (κ3) is 4.24. The lowest BCUT2D eigenvalue weighted by Crippen LogP contribution is -2.18. The Balaban J connectivity index is 1.76. The van der Waals surface area contributed by atoms with Gasteiger partial charge in [-0.3, -0.25) is 0 Å². The highest BCUT2D eigenvalue weighted by molar-refractivity contribution is 7.81. The quantitative estimate of drug-likeness (QED) is 0.432. The lowest BCUT2D eigenvalue weighted by Gasteiger charge is -2.08. The van der Waals surface area contributed by atoms with E-state index in [-0.39, 0.29) is 37.9 Å². The van der Waals surface area contributed by atoms with E-state index in [9.17, 15) is 8.42 Å². The molecule has 8 N–H and O–H groups in total. The highest BCUT2D eigenvalue weighted by Gasteiger charge is 2.14. The van der Waals surface area contributed by atoms with Crippen LogP contribution in [-0.2, 0) is 31.9 Å². The third-order valence-corrected chi connectivity index (χ3v) is 3.79. The van der Waals surface area contributed by atoms with Crippen molar-refractivity contribution in [2.24, 2.45) is 0 Å². The molecular weight excluding hydrogens is 328 g/mol. The van der Waals surface area contributed by atoms with E-state index >= 15 is 0 Å². The molecule has 0 saturated heterocycles. The van der Waals surface area contributed by atoms with Crippen LogP contribution in [0.4, 0.5) is 23.0 Å². The minimum atomic E-state index is -4.16. The Morgan fingerprint density at radius 1 is 0.870 bits per heavy atom. The van der Waals surface area contributed by atoms with Gasteiger partial charge in [0.15, 0.2) is 0 Å². The molecule has 23 heavy (non-hydrogen) atoms. The Labute approximate surface area is 132 Å². The highest BCUT2D eigenvalue weighted by Crippen LogP contribution is 2.13. The maximum atomic E-state index is 11.6. The predicted octanol–water partition coefficient (Wildman–Crippen LogP) is -1.61. The van der Waals surface area contributed by atoms with E-state index < -0.39 is 10.4 Å². The average Bonchev–Trinajstić information content (AvgIpc) is 2.97. The zero-order valence-corrected chi connectivity index (χ0v) is 12.9. The maximum Gasteiger partial charge on any atom is 0.399 e. The Morgan fingerprint density at radius 3 is 1.57 bits per heavy atom. The van der Waals surface area contributed by atoms with Gasteiger partial charge in [-0.05, 0) is 0 Å². The Bertz CT molecular complexity index is 710. The normalized spacial score (nSPS) is 11.8. The molecule has 0 saturated carbocycles. The fourth-order valence-corrected chi connectivity index (χ4v) is 2.29. The fraction of sp³-hybridized carbons (Fsp3) is 0.400. The molecule has 2 aromatic rings. The molecule has 13 heteroatoms. The number of rotatable bonds is 8. The summed E-state index contributed by atoms with van der Waals surface area (Å²) in [5.41, 5.74) is 22.9. The highest BCUT2D eigenvalue weighted by atomic mass is 32.3. The molecule has 0 fully saturated rings. The van der Waals surface area contributed by atoms with Crippen molar-refractivity contribution in [2.75, 3.05) is 36.1 Å². The number of nitrogens with two attached hydrogens (primary N) is 4. The second kappa shape index (κ2) is 6.72.